The van der Waals surface area contributed by atoms with E-state index in [1.165, 1.54) is 0 Å². The maximum Gasteiger partial charge on any atom is 0.231 e. The minimum atomic E-state index is 0. The van der Waals surface area contributed by atoms with E-state index in [2.05, 4.69) is 15.3 Å². The summed E-state index contributed by atoms with van der Waals surface area (Å²) in [6.07, 6.45) is 1.71. The highest BCUT2D eigenvalue weighted by molar-refractivity contribution is 5.85. The van der Waals surface area contributed by atoms with Gasteiger partial charge in [0.15, 0.2) is 22.7 Å². The molecule has 0 amide bonds. The predicted molar refractivity (Wildman–Crippen MR) is 104 cm³/mol. The Morgan fingerprint density at radius 3 is 2.67 bits per heavy atom. The molecule has 0 aliphatic carbocycles. The lowest BCUT2D eigenvalue weighted by Gasteiger charge is -2.07. The van der Waals surface area contributed by atoms with E-state index in [0.29, 0.717) is 30.5 Å². The van der Waals surface area contributed by atoms with E-state index in [9.17, 15) is 0 Å². The Labute approximate surface area is 161 Å². The molecular formula is C20H16ClN3O3. The van der Waals surface area contributed by atoms with Gasteiger partial charge in [-0.25, -0.2) is 4.98 Å². The molecule has 1 aliphatic heterocycles. The van der Waals surface area contributed by atoms with Crippen LogP contribution in [-0.4, -0.2) is 16.8 Å². The molecule has 1 N–H and O–H groups in total. The van der Waals surface area contributed by atoms with Gasteiger partial charge < -0.3 is 19.2 Å². The predicted octanol–water partition coefficient (Wildman–Crippen LogP) is 4.65. The highest BCUT2D eigenvalue weighted by atomic mass is 35.5. The topological polar surface area (TPSA) is 69.4 Å². The maximum atomic E-state index is 5.75. The summed E-state index contributed by atoms with van der Waals surface area (Å²) in [7, 11) is 0. The van der Waals surface area contributed by atoms with Gasteiger partial charge in [0.05, 0.1) is 0 Å². The summed E-state index contributed by atoms with van der Waals surface area (Å²) < 4.78 is 16.5. The molecule has 0 fully saturated rings. The number of hydrogen-bond donors (Lipinski definition) is 1. The Kier molecular flexibility index (Phi) is 4.56. The van der Waals surface area contributed by atoms with Gasteiger partial charge in [-0.1, -0.05) is 6.07 Å². The summed E-state index contributed by atoms with van der Waals surface area (Å²) in [5, 5.41) is 3.40. The number of ether oxygens (including phenoxy) is 2. The number of rotatable bonds is 4. The van der Waals surface area contributed by atoms with Crippen LogP contribution in [0.1, 0.15) is 5.56 Å². The Bertz CT molecular complexity index is 1050. The number of nitrogens with one attached hydrogen (secondary N) is 1. The Morgan fingerprint density at radius 2 is 1.81 bits per heavy atom. The minimum absolute atomic E-state index is 0. The van der Waals surface area contributed by atoms with Crippen LogP contribution in [0.2, 0.25) is 0 Å². The van der Waals surface area contributed by atoms with Gasteiger partial charge in [-0.05, 0) is 54.1 Å². The number of oxazole rings is 1. The van der Waals surface area contributed by atoms with Gasteiger partial charge in [0.2, 0.25) is 12.7 Å². The van der Waals surface area contributed by atoms with E-state index in [1.54, 1.807) is 6.20 Å². The molecule has 27 heavy (non-hydrogen) atoms. The van der Waals surface area contributed by atoms with Gasteiger partial charge in [-0.3, -0.25) is 0 Å². The molecule has 136 valence electrons. The van der Waals surface area contributed by atoms with Crippen LogP contribution in [0.5, 0.6) is 11.5 Å². The molecule has 0 saturated carbocycles. The van der Waals surface area contributed by atoms with Crippen molar-refractivity contribution in [1.29, 1.82) is 0 Å². The SMILES string of the molecule is Cl.c1cnc2nc(-c3ccc(NCc4ccc5c(c4)OCO5)cc3)oc2c1. The molecule has 3 heterocycles. The summed E-state index contributed by atoms with van der Waals surface area (Å²) >= 11 is 0. The van der Waals surface area contributed by atoms with Crippen molar-refractivity contribution in [2.75, 3.05) is 12.1 Å². The summed E-state index contributed by atoms with van der Waals surface area (Å²) in [5.41, 5.74) is 4.36. The van der Waals surface area contributed by atoms with Crippen molar-refractivity contribution in [2.24, 2.45) is 0 Å². The number of benzene rings is 2. The van der Waals surface area contributed by atoms with Crippen molar-refractivity contribution in [2.45, 2.75) is 6.54 Å². The van der Waals surface area contributed by atoms with Gasteiger partial charge in [-0.2, -0.15) is 4.98 Å². The highest BCUT2D eigenvalue weighted by Crippen LogP contribution is 2.32. The second-order valence-electron chi connectivity index (χ2n) is 5.96. The minimum Gasteiger partial charge on any atom is -0.454 e. The number of halogens is 1. The number of pyridine rings is 1. The van der Waals surface area contributed by atoms with E-state index in [0.717, 1.165) is 28.3 Å². The first kappa shape index (κ1) is 17.2. The third-order valence-corrected chi connectivity index (χ3v) is 4.23. The van der Waals surface area contributed by atoms with Crippen LogP contribution in [0, 0.1) is 0 Å². The zero-order valence-corrected chi connectivity index (χ0v) is 15.0. The Balaban J connectivity index is 0.00000180. The highest BCUT2D eigenvalue weighted by Gasteiger charge is 2.13. The summed E-state index contributed by atoms with van der Waals surface area (Å²) in [5.74, 6) is 2.16. The first-order valence-corrected chi connectivity index (χ1v) is 8.29. The lowest BCUT2D eigenvalue weighted by Crippen LogP contribution is -1.99. The van der Waals surface area contributed by atoms with Gasteiger partial charge in [0, 0.05) is 24.0 Å². The van der Waals surface area contributed by atoms with Crippen LogP contribution in [-0.2, 0) is 6.54 Å². The van der Waals surface area contributed by atoms with Crippen LogP contribution in [0.25, 0.3) is 22.7 Å². The standard InChI is InChI=1S/C20H15N3O3.ClH/c1-2-17-19(21-9-1)23-20(26-17)14-4-6-15(7-5-14)22-11-13-3-8-16-18(10-13)25-12-24-16;/h1-10,22H,11-12H2;1H. The normalized spacial score (nSPS) is 12.0. The van der Waals surface area contributed by atoms with E-state index in [4.69, 9.17) is 13.9 Å². The van der Waals surface area contributed by atoms with Crippen molar-refractivity contribution >= 4 is 29.3 Å². The Morgan fingerprint density at radius 1 is 0.963 bits per heavy atom. The largest absolute Gasteiger partial charge is 0.454 e. The molecule has 0 radical (unpaired) electrons. The van der Waals surface area contributed by atoms with Gasteiger partial charge in [0.1, 0.15) is 0 Å². The fourth-order valence-electron chi connectivity index (χ4n) is 2.88. The lowest BCUT2D eigenvalue weighted by molar-refractivity contribution is 0.174. The molecule has 0 unspecified atom stereocenters. The number of aromatic nitrogens is 2. The molecule has 4 aromatic rings. The van der Waals surface area contributed by atoms with Gasteiger partial charge >= 0.3 is 0 Å². The van der Waals surface area contributed by atoms with Crippen molar-refractivity contribution in [3.05, 3.63) is 66.4 Å². The summed E-state index contributed by atoms with van der Waals surface area (Å²) in [6, 6.07) is 17.6. The van der Waals surface area contributed by atoms with Crippen LogP contribution in [0.15, 0.2) is 65.2 Å². The van der Waals surface area contributed by atoms with Crippen molar-refractivity contribution in [3.63, 3.8) is 0 Å². The number of hydrogen-bond acceptors (Lipinski definition) is 6. The molecule has 0 bridgehead atoms. The third-order valence-electron chi connectivity index (χ3n) is 4.23. The summed E-state index contributed by atoms with van der Waals surface area (Å²) in [6.45, 7) is 0.988. The molecular weight excluding hydrogens is 366 g/mol. The van der Waals surface area contributed by atoms with Gasteiger partial charge in [-0.15, -0.1) is 12.4 Å². The van der Waals surface area contributed by atoms with Crippen LogP contribution < -0.4 is 14.8 Å². The maximum absolute atomic E-state index is 5.75. The van der Waals surface area contributed by atoms with E-state index in [1.807, 2.05) is 54.6 Å². The second-order valence-corrected chi connectivity index (χ2v) is 5.96. The quantitative estimate of drug-likeness (QED) is 0.554. The zero-order valence-electron chi connectivity index (χ0n) is 14.2. The molecule has 7 heteroatoms. The first-order chi connectivity index (χ1) is 12.8. The van der Waals surface area contributed by atoms with Crippen molar-refractivity contribution in [3.8, 4) is 23.0 Å². The molecule has 0 spiro atoms. The fourth-order valence-corrected chi connectivity index (χ4v) is 2.88. The number of fused-ring (bicyclic) bond motifs is 2. The fraction of sp³-hybridized carbons (Fsp3) is 0.100. The smallest absolute Gasteiger partial charge is 0.231 e. The third kappa shape index (κ3) is 3.39. The van der Waals surface area contributed by atoms with Crippen LogP contribution in [0.3, 0.4) is 0 Å². The summed E-state index contributed by atoms with van der Waals surface area (Å²) in [4.78, 5) is 8.61. The second kappa shape index (κ2) is 7.17. The first-order valence-electron chi connectivity index (χ1n) is 8.29. The molecule has 0 atom stereocenters. The molecule has 2 aromatic heterocycles. The molecule has 6 nitrogen and oxygen atoms in total. The van der Waals surface area contributed by atoms with Crippen molar-refractivity contribution < 1.29 is 13.9 Å². The number of anilines is 1. The van der Waals surface area contributed by atoms with E-state index in [-0.39, 0.29) is 12.4 Å². The molecule has 5 rings (SSSR count). The lowest BCUT2D eigenvalue weighted by atomic mass is 10.1. The average molecular weight is 382 g/mol. The van der Waals surface area contributed by atoms with E-state index < -0.39 is 0 Å². The van der Waals surface area contributed by atoms with Crippen LogP contribution >= 0.6 is 12.4 Å². The zero-order chi connectivity index (χ0) is 17.3. The van der Waals surface area contributed by atoms with Gasteiger partial charge in [0.25, 0.3) is 0 Å². The average Bonchev–Trinajstić information content (AvgIpc) is 3.33. The molecule has 2 aromatic carbocycles. The van der Waals surface area contributed by atoms with Crippen LogP contribution in [0.4, 0.5) is 5.69 Å². The molecule has 1 aliphatic rings. The Hall–Kier alpha value is -3.25. The monoisotopic (exact) mass is 381 g/mol. The van der Waals surface area contributed by atoms with E-state index >= 15 is 0 Å². The van der Waals surface area contributed by atoms with Crippen molar-refractivity contribution in [1.82, 2.24) is 9.97 Å². The number of nitrogens with zero attached hydrogens (tertiary/aromatic N) is 2. The molecule has 0 saturated heterocycles.